The zero-order chi connectivity index (χ0) is 17.5. The van der Waals surface area contributed by atoms with Crippen molar-refractivity contribution in [3.8, 4) is 0 Å². The molecule has 0 saturated heterocycles. The summed E-state index contributed by atoms with van der Waals surface area (Å²) in [6, 6.07) is -0.0725. The number of nitrogens with one attached hydrogen (secondary N) is 1. The molecule has 0 heterocycles. The van der Waals surface area contributed by atoms with E-state index in [0.29, 0.717) is 0 Å². The van der Waals surface area contributed by atoms with Crippen molar-refractivity contribution in [3.63, 3.8) is 0 Å². The summed E-state index contributed by atoms with van der Waals surface area (Å²) < 4.78 is 0. The average Bonchev–Trinajstić information content (AvgIpc) is 2.54. The SMILES string of the molecule is CCC=CCCCC(CCCCCC)N(CC(=O)NC)C(=O)O. The average molecular weight is 326 g/mol. The van der Waals surface area contributed by atoms with E-state index in [0.717, 1.165) is 51.4 Å². The van der Waals surface area contributed by atoms with Crippen LogP contribution < -0.4 is 5.32 Å². The molecule has 0 spiro atoms. The molecule has 0 saturated carbocycles. The summed E-state index contributed by atoms with van der Waals surface area (Å²) in [4.78, 5) is 24.5. The molecule has 5 heteroatoms. The maximum Gasteiger partial charge on any atom is 0.408 e. The summed E-state index contributed by atoms with van der Waals surface area (Å²) >= 11 is 0. The second-order valence-electron chi connectivity index (χ2n) is 5.90. The van der Waals surface area contributed by atoms with Crippen molar-refractivity contribution in [2.24, 2.45) is 0 Å². The molecule has 1 atom stereocenters. The van der Waals surface area contributed by atoms with Crippen molar-refractivity contribution in [1.82, 2.24) is 10.2 Å². The van der Waals surface area contributed by atoms with Gasteiger partial charge in [0.15, 0.2) is 0 Å². The van der Waals surface area contributed by atoms with Crippen molar-refractivity contribution >= 4 is 12.0 Å². The van der Waals surface area contributed by atoms with Crippen molar-refractivity contribution in [2.45, 2.75) is 77.7 Å². The highest BCUT2D eigenvalue weighted by Gasteiger charge is 2.24. The van der Waals surface area contributed by atoms with E-state index in [2.05, 4.69) is 31.3 Å². The lowest BCUT2D eigenvalue weighted by molar-refractivity contribution is -0.122. The van der Waals surface area contributed by atoms with Gasteiger partial charge in [0.2, 0.25) is 5.91 Å². The first-order valence-corrected chi connectivity index (χ1v) is 8.91. The maximum atomic E-state index is 11.6. The molecule has 134 valence electrons. The molecule has 0 aromatic rings. The van der Waals surface area contributed by atoms with Crippen LogP contribution in [0.3, 0.4) is 0 Å². The smallest absolute Gasteiger partial charge is 0.408 e. The molecule has 0 radical (unpaired) electrons. The number of carboxylic acid groups (broad SMARTS) is 1. The van der Waals surface area contributed by atoms with Crippen molar-refractivity contribution < 1.29 is 14.7 Å². The lowest BCUT2D eigenvalue weighted by Gasteiger charge is -2.29. The first-order valence-electron chi connectivity index (χ1n) is 8.91. The van der Waals surface area contributed by atoms with Crippen LogP contribution in [0, 0.1) is 0 Å². The quantitative estimate of drug-likeness (QED) is 0.394. The number of unbranched alkanes of at least 4 members (excludes halogenated alkanes) is 4. The van der Waals surface area contributed by atoms with Crippen LogP contribution in [-0.2, 0) is 4.79 Å². The Balaban J connectivity index is 4.63. The minimum absolute atomic E-state index is 0.0725. The Morgan fingerprint density at radius 1 is 1.09 bits per heavy atom. The van der Waals surface area contributed by atoms with Gasteiger partial charge < -0.3 is 10.4 Å². The first kappa shape index (κ1) is 21.5. The molecule has 1 unspecified atom stereocenters. The van der Waals surface area contributed by atoms with Crippen LogP contribution in [0.5, 0.6) is 0 Å². The molecule has 0 bridgehead atoms. The number of hydrogen-bond acceptors (Lipinski definition) is 2. The van der Waals surface area contributed by atoms with Crippen molar-refractivity contribution in [1.29, 1.82) is 0 Å². The monoisotopic (exact) mass is 326 g/mol. The van der Waals surface area contributed by atoms with Gasteiger partial charge in [0, 0.05) is 13.1 Å². The summed E-state index contributed by atoms with van der Waals surface area (Å²) in [5.74, 6) is -0.253. The molecule has 0 aliphatic heterocycles. The van der Waals surface area contributed by atoms with E-state index in [1.54, 1.807) is 0 Å². The topological polar surface area (TPSA) is 69.6 Å². The van der Waals surface area contributed by atoms with Gasteiger partial charge in [-0.05, 0) is 32.1 Å². The Labute approximate surface area is 141 Å². The summed E-state index contributed by atoms with van der Waals surface area (Å²) in [5, 5.41) is 12.0. The fourth-order valence-corrected chi connectivity index (χ4v) is 2.61. The van der Waals surface area contributed by atoms with E-state index < -0.39 is 6.09 Å². The number of hydrogen-bond donors (Lipinski definition) is 2. The van der Waals surface area contributed by atoms with Gasteiger partial charge in [-0.2, -0.15) is 0 Å². The number of nitrogens with zero attached hydrogens (tertiary/aromatic N) is 1. The van der Waals surface area contributed by atoms with Gasteiger partial charge in [-0.1, -0.05) is 51.7 Å². The fraction of sp³-hybridized carbons (Fsp3) is 0.778. The molecule has 0 aliphatic carbocycles. The summed E-state index contributed by atoms with van der Waals surface area (Å²) in [5.41, 5.74) is 0. The third-order valence-corrected chi connectivity index (χ3v) is 3.98. The van der Waals surface area contributed by atoms with E-state index in [9.17, 15) is 14.7 Å². The second kappa shape index (κ2) is 14.1. The Morgan fingerprint density at radius 2 is 1.78 bits per heavy atom. The zero-order valence-corrected chi connectivity index (χ0v) is 15.0. The number of amides is 2. The van der Waals surface area contributed by atoms with E-state index in [-0.39, 0.29) is 18.5 Å². The van der Waals surface area contributed by atoms with Crippen LogP contribution in [0.2, 0.25) is 0 Å². The molecular weight excluding hydrogens is 292 g/mol. The third-order valence-electron chi connectivity index (χ3n) is 3.98. The third kappa shape index (κ3) is 10.8. The van der Waals surface area contributed by atoms with E-state index in [1.807, 2.05) is 0 Å². The highest BCUT2D eigenvalue weighted by atomic mass is 16.4. The van der Waals surface area contributed by atoms with Gasteiger partial charge in [-0.25, -0.2) is 4.79 Å². The molecule has 0 aromatic heterocycles. The Kier molecular flexibility index (Phi) is 13.2. The number of carbonyl (C=O) groups is 2. The standard InChI is InChI=1S/C18H34N2O3/c1-4-6-8-10-12-14-16(13-11-9-7-5-2)20(18(22)23)15-17(21)19-3/h6,8,16H,4-5,7,9-15H2,1-3H3,(H,19,21)(H,22,23). The predicted octanol–water partition coefficient (Wildman–Crippen LogP) is 4.19. The molecular formula is C18H34N2O3. The van der Waals surface area contributed by atoms with Gasteiger partial charge in [-0.15, -0.1) is 0 Å². The van der Waals surface area contributed by atoms with E-state index in [4.69, 9.17) is 0 Å². The van der Waals surface area contributed by atoms with Crippen LogP contribution >= 0.6 is 0 Å². The summed E-state index contributed by atoms with van der Waals surface area (Å²) in [7, 11) is 1.54. The van der Waals surface area contributed by atoms with Crippen molar-refractivity contribution in [3.05, 3.63) is 12.2 Å². The minimum Gasteiger partial charge on any atom is -0.465 e. The van der Waals surface area contributed by atoms with E-state index >= 15 is 0 Å². The summed E-state index contributed by atoms with van der Waals surface area (Å²) in [6.45, 7) is 4.18. The Morgan fingerprint density at radius 3 is 2.35 bits per heavy atom. The summed E-state index contributed by atoms with van der Waals surface area (Å²) in [6.07, 6.45) is 12.3. The van der Waals surface area contributed by atoms with Crippen LogP contribution in [0.15, 0.2) is 12.2 Å². The van der Waals surface area contributed by atoms with Gasteiger partial charge in [0.1, 0.15) is 6.54 Å². The molecule has 23 heavy (non-hydrogen) atoms. The number of likely N-dealkylation sites (N-methyl/N-ethyl adjacent to an activating group) is 1. The normalized spacial score (nSPS) is 12.3. The van der Waals surface area contributed by atoms with Gasteiger partial charge in [0.25, 0.3) is 0 Å². The van der Waals surface area contributed by atoms with E-state index in [1.165, 1.54) is 18.4 Å². The lowest BCUT2D eigenvalue weighted by Crippen LogP contribution is -2.45. The van der Waals surface area contributed by atoms with Crippen LogP contribution in [0.25, 0.3) is 0 Å². The molecule has 0 fully saturated rings. The van der Waals surface area contributed by atoms with Crippen LogP contribution in [-0.4, -0.2) is 41.6 Å². The highest BCUT2D eigenvalue weighted by Crippen LogP contribution is 2.17. The fourth-order valence-electron chi connectivity index (χ4n) is 2.61. The van der Waals surface area contributed by atoms with Gasteiger partial charge in [0.05, 0.1) is 0 Å². The zero-order valence-electron chi connectivity index (χ0n) is 15.0. The Bertz CT molecular complexity index is 356. The predicted molar refractivity (Wildman–Crippen MR) is 94.6 cm³/mol. The van der Waals surface area contributed by atoms with Gasteiger partial charge >= 0.3 is 6.09 Å². The second-order valence-corrected chi connectivity index (χ2v) is 5.90. The molecule has 5 nitrogen and oxygen atoms in total. The number of carbonyl (C=O) groups excluding carboxylic acids is 1. The lowest BCUT2D eigenvalue weighted by atomic mass is 10.0. The molecule has 0 aromatic carbocycles. The first-order chi connectivity index (χ1) is 11.1. The molecule has 2 N–H and O–H groups in total. The molecule has 0 aliphatic rings. The Hall–Kier alpha value is -1.52. The number of allylic oxidation sites excluding steroid dienone is 2. The van der Waals surface area contributed by atoms with Crippen molar-refractivity contribution in [2.75, 3.05) is 13.6 Å². The van der Waals surface area contributed by atoms with Gasteiger partial charge in [-0.3, -0.25) is 9.69 Å². The maximum absolute atomic E-state index is 11.6. The van der Waals surface area contributed by atoms with Crippen LogP contribution in [0.1, 0.15) is 71.6 Å². The highest BCUT2D eigenvalue weighted by molar-refractivity contribution is 5.81. The minimum atomic E-state index is -1.00. The molecule has 0 rings (SSSR count). The largest absolute Gasteiger partial charge is 0.465 e. The number of rotatable bonds is 13. The van der Waals surface area contributed by atoms with Crippen LogP contribution in [0.4, 0.5) is 4.79 Å². The molecule has 2 amide bonds.